The second-order valence-corrected chi connectivity index (χ2v) is 5.91. The number of hydrogen-bond acceptors (Lipinski definition) is 3. The van der Waals surface area contributed by atoms with Gasteiger partial charge in [0, 0.05) is 31.8 Å². The van der Waals surface area contributed by atoms with Gasteiger partial charge in [-0.05, 0) is 45.3 Å². The Morgan fingerprint density at radius 3 is 2.50 bits per heavy atom. The Balaban J connectivity index is 1.95. The summed E-state index contributed by atoms with van der Waals surface area (Å²) in [6, 6.07) is 11.6. The summed E-state index contributed by atoms with van der Waals surface area (Å²) in [5.41, 5.74) is 1.36. The Kier molecular flexibility index (Phi) is 6.02. The molecule has 2 atom stereocenters. The summed E-state index contributed by atoms with van der Waals surface area (Å²) in [7, 11) is 4.30. The molecular weight excluding hydrogens is 248 g/mol. The van der Waals surface area contributed by atoms with E-state index in [0.717, 1.165) is 25.7 Å². The number of nitrogens with zero attached hydrogens (tertiary/aromatic N) is 1. The highest BCUT2D eigenvalue weighted by atomic mass is 16.5. The van der Waals surface area contributed by atoms with Gasteiger partial charge in [0.05, 0.1) is 0 Å². The van der Waals surface area contributed by atoms with E-state index < -0.39 is 0 Å². The van der Waals surface area contributed by atoms with Crippen LogP contribution in [-0.4, -0.2) is 44.8 Å². The molecule has 1 fully saturated rings. The van der Waals surface area contributed by atoms with E-state index in [1.54, 1.807) is 0 Å². The third kappa shape index (κ3) is 4.05. The molecule has 1 aliphatic rings. The molecule has 2 rings (SSSR count). The molecule has 0 aliphatic carbocycles. The second kappa shape index (κ2) is 7.77. The number of rotatable bonds is 6. The number of likely N-dealkylation sites (N-methyl/N-ethyl adjacent to an activating group) is 2. The largest absolute Gasteiger partial charge is 0.381 e. The molecule has 1 aliphatic heterocycles. The van der Waals surface area contributed by atoms with Crippen LogP contribution in [0.2, 0.25) is 0 Å². The van der Waals surface area contributed by atoms with Crippen molar-refractivity contribution in [3.63, 3.8) is 0 Å². The van der Waals surface area contributed by atoms with E-state index in [4.69, 9.17) is 4.74 Å². The first kappa shape index (κ1) is 15.5. The predicted molar refractivity (Wildman–Crippen MR) is 83.9 cm³/mol. The fourth-order valence-electron chi connectivity index (χ4n) is 3.10. The summed E-state index contributed by atoms with van der Waals surface area (Å²) < 4.78 is 5.45. The van der Waals surface area contributed by atoms with Crippen LogP contribution in [0.5, 0.6) is 0 Å². The molecule has 0 bridgehead atoms. The first-order chi connectivity index (χ1) is 9.72. The molecule has 1 aromatic carbocycles. The molecular formula is C17H28N2O. The van der Waals surface area contributed by atoms with Gasteiger partial charge < -0.3 is 15.0 Å². The molecule has 0 saturated carbocycles. The molecule has 20 heavy (non-hydrogen) atoms. The van der Waals surface area contributed by atoms with Crippen LogP contribution < -0.4 is 5.32 Å². The minimum atomic E-state index is 0.376. The Labute approximate surface area is 123 Å². The predicted octanol–water partition coefficient (Wildman–Crippen LogP) is 2.69. The standard InChI is InChI=1S/C17H28N2O/c1-14(17(18-2)16-7-5-4-6-8-16)19(3)13-15-9-11-20-12-10-15/h4-8,14-15,17-18H,9-13H2,1-3H3. The molecule has 1 aromatic rings. The van der Waals surface area contributed by atoms with E-state index in [1.807, 2.05) is 0 Å². The molecule has 1 saturated heterocycles. The van der Waals surface area contributed by atoms with Crippen molar-refractivity contribution in [3.8, 4) is 0 Å². The van der Waals surface area contributed by atoms with E-state index in [1.165, 1.54) is 18.4 Å². The summed E-state index contributed by atoms with van der Waals surface area (Å²) in [6.45, 7) is 5.34. The molecule has 2 unspecified atom stereocenters. The van der Waals surface area contributed by atoms with Gasteiger partial charge in [0.1, 0.15) is 0 Å². The maximum Gasteiger partial charge on any atom is 0.0472 e. The average Bonchev–Trinajstić information content (AvgIpc) is 2.50. The van der Waals surface area contributed by atoms with E-state index in [0.29, 0.717) is 12.1 Å². The molecule has 3 heteroatoms. The van der Waals surface area contributed by atoms with Crippen molar-refractivity contribution in [1.29, 1.82) is 0 Å². The normalized spacial score (nSPS) is 20.0. The lowest BCUT2D eigenvalue weighted by molar-refractivity contribution is 0.0488. The summed E-state index contributed by atoms with van der Waals surface area (Å²) in [6.07, 6.45) is 2.40. The van der Waals surface area contributed by atoms with Crippen molar-refractivity contribution in [1.82, 2.24) is 10.2 Å². The molecule has 0 radical (unpaired) electrons. The van der Waals surface area contributed by atoms with Gasteiger partial charge in [-0.15, -0.1) is 0 Å². The van der Waals surface area contributed by atoms with Crippen LogP contribution in [-0.2, 0) is 4.74 Å². The monoisotopic (exact) mass is 276 g/mol. The third-order valence-corrected chi connectivity index (χ3v) is 4.53. The summed E-state index contributed by atoms with van der Waals surface area (Å²) in [5, 5.41) is 3.47. The van der Waals surface area contributed by atoms with Crippen LogP contribution in [0.4, 0.5) is 0 Å². The molecule has 3 nitrogen and oxygen atoms in total. The van der Waals surface area contributed by atoms with Gasteiger partial charge in [-0.25, -0.2) is 0 Å². The Morgan fingerprint density at radius 2 is 1.90 bits per heavy atom. The fraction of sp³-hybridized carbons (Fsp3) is 0.647. The molecule has 1 heterocycles. The van der Waals surface area contributed by atoms with Gasteiger partial charge in [-0.1, -0.05) is 30.3 Å². The molecule has 0 aromatic heterocycles. The van der Waals surface area contributed by atoms with Crippen molar-refractivity contribution in [3.05, 3.63) is 35.9 Å². The maximum absolute atomic E-state index is 5.45. The van der Waals surface area contributed by atoms with Gasteiger partial charge in [0.2, 0.25) is 0 Å². The molecule has 1 N–H and O–H groups in total. The number of benzene rings is 1. The van der Waals surface area contributed by atoms with Crippen LogP contribution in [0.1, 0.15) is 31.4 Å². The smallest absolute Gasteiger partial charge is 0.0472 e. The number of hydrogen-bond donors (Lipinski definition) is 1. The topological polar surface area (TPSA) is 24.5 Å². The zero-order chi connectivity index (χ0) is 14.4. The lowest BCUT2D eigenvalue weighted by atomic mass is 9.96. The summed E-state index contributed by atoms with van der Waals surface area (Å²) in [5.74, 6) is 0.782. The van der Waals surface area contributed by atoms with Crippen molar-refractivity contribution >= 4 is 0 Å². The lowest BCUT2D eigenvalue weighted by Crippen LogP contribution is -2.42. The Bertz CT molecular complexity index is 376. The fourth-order valence-corrected chi connectivity index (χ4v) is 3.10. The van der Waals surface area contributed by atoms with E-state index >= 15 is 0 Å². The van der Waals surface area contributed by atoms with Gasteiger partial charge in [0.25, 0.3) is 0 Å². The third-order valence-electron chi connectivity index (χ3n) is 4.53. The zero-order valence-electron chi connectivity index (χ0n) is 13.0. The van der Waals surface area contributed by atoms with Gasteiger partial charge in [-0.3, -0.25) is 0 Å². The van der Waals surface area contributed by atoms with E-state index in [9.17, 15) is 0 Å². The van der Waals surface area contributed by atoms with Crippen LogP contribution in [0.3, 0.4) is 0 Å². The number of ether oxygens (including phenoxy) is 1. The quantitative estimate of drug-likeness (QED) is 0.864. The van der Waals surface area contributed by atoms with Crippen LogP contribution in [0.25, 0.3) is 0 Å². The Hall–Kier alpha value is -0.900. The van der Waals surface area contributed by atoms with Crippen molar-refractivity contribution < 1.29 is 4.74 Å². The first-order valence-electron chi connectivity index (χ1n) is 7.72. The van der Waals surface area contributed by atoms with Gasteiger partial charge in [0.15, 0.2) is 0 Å². The second-order valence-electron chi connectivity index (χ2n) is 5.91. The van der Waals surface area contributed by atoms with Crippen LogP contribution in [0, 0.1) is 5.92 Å². The molecule has 0 spiro atoms. The Morgan fingerprint density at radius 1 is 1.25 bits per heavy atom. The zero-order valence-corrected chi connectivity index (χ0v) is 13.0. The summed E-state index contributed by atoms with van der Waals surface area (Å²) in [4.78, 5) is 2.49. The lowest BCUT2D eigenvalue weighted by Gasteiger charge is -2.35. The van der Waals surface area contributed by atoms with Crippen molar-refractivity contribution in [2.45, 2.75) is 31.8 Å². The van der Waals surface area contributed by atoms with E-state index in [-0.39, 0.29) is 0 Å². The van der Waals surface area contributed by atoms with Crippen molar-refractivity contribution in [2.75, 3.05) is 33.9 Å². The van der Waals surface area contributed by atoms with Crippen LogP contribution in [0.15, 0.2) is 30.3 Å². The number of nitrogens with one attached hydrogen (secondary N) is 1. The summed E-state index contributed by atoms with van der Waals surface area (Å²) >= 11 is 0. The minimum Gasteiger partial charge on any atom is -0.381 e. The average molecular weight is 276 g/mol. The van der Waals surface area contributed by atoms with Gasteiger partial charge in [-0.2, -0.15) is 0 Å². The van der Waals surface area contributed by atoms with Crippen molar-refractivity contribution in [2.24, 2.45) is 5.92 Å². The van der Waals surface area contributed by atoms with Gasteiger partial charge >= 0.3 is 0 Å². The SMILES string of the molecule is CNC(c1ccccc1)C(C)N(C)CC1CCOCC1. The maximum atomic E-state index is 5.45. The first-order valence-corrected chi connectivity index (χ1v) is 7.72. The van der Waals surface area contributed by atoms with Crippen LogP contribution >= 0.6 is 0 Å². The van der Waals surface area contributed by atoms with E-state index in [2.05, 4.69) is 61.6 Å². The highest BCUT2D eigenvalue weighted by molar-refractivity contribution is 5.20. The minimum absolute atomic E-state index is 0.376. The highest BCUT2D eigenvalue weighted by Crippen LogP contribution is 2.22. The molecule has 112 valence electrons. The molecule has 0 amide bonds. The highest BCUT2D eigenvalue weighted by Gasteiger charge is 2.24.